The van der Waals surface area contributed by atoms with E-state index in [2.05, 4.69) is 9.97 Å². The molecule has 1 aromatic carbocycles. The van der Waals surface area contributed by atoms with E-state index >= 15 is 0 Å². The highest BCUT2D eigenvalue weighted by Gasteiger charge is 2.25. The molecule has 27 heavy (non-hydrogen) atoms. The first-order valence-corrected chi connectivity index (χ1v) is 11.4. The molecule has 1 fully saturated rings. The third-order valence-corrected chi connectivity index (χ3v) is 6.69. The first kappa shape index (κ1) is 19.7. The molecule has 1 atom stereocenters. The lowest BCUT2D eigenvalue weighted by molar-refractivity contribution is 0.406. The van der Waals surface area contributed by atoms with E-state index in [1.165, 1.54) is 6.07 Å². The van der Waals surface area contributed by atoms with Crippen molar-refractivity contribution >= 4 is 26.8 Å². The zero-order chi connectivity index (χ0) is 19.6. The van der Waals surface area contributed by atoms with Crippen LogP contribution in [0.3, 0.4) is 0 Å². The van der Waals surface area contributed by atoms with Crippen molar-refractivity contribution in [2.75, 3.05) is 44.4 Å². The summed E-state index contributed by atoms with van der Waals surface area (Å²) in [6, 6.07) is 8.63. The fraction of sp³-hybridized carbons (Fsp3) is 0.412. The van der Waals surface area contributed by atoms with Gasteiger partial charge in [-0.05, 0) is 37.3 Å². The molecule has 2 aromatic rings. The van der Waals surface area contributed by atoms with Crippen molar-refractivity contribution in [1.82, 2.24) is 14.3 Å². The van der Waals surface area contributed by atoms with E-state index in [1.807, 2.05) is 9.21 Å². The van der Waals surface area contributed by atoms with Gasteiger partial charge in [0.15, 0.2) is 14.9 Å². The second-order valence-corrected chi connectivity index (χ2v) is 9.71. The third kappa shape index (κ3) is 4.63. The molecule has 0 N–H and O–H groups in total. The Labute approximate surface area is 161 Å². The maximum Gasteiger partial charge on any atom is 0.226 e. The number of aryl methyl sites for hydroxylation is 1. The van der Waals surface area contributed by atoms with Gasteiger partial charge in [0.25, 0.3) is 0 Å². The lowest BCUT2D eigenvalue weighted by atomic mass is 10.3. The van der Waals surface area contributed by atoms with Crippen LogP contribution in [0.2, 0.25) is 0 Å². The summed E-state index contributed by atoms with van der Waals surface area (Å²) in [6.45, 7) is 3.99. The van der Waals surface area contributed by atoms with E-state index in [0.29, 0.717) is 37.8 Å². The number of nitrogens with zero attached hydrogens (tertiary/aromatic N) is 4. The fourth-order valence-corrected chi connectivity index (χ4v) is 4.55. The summed E-state index contributed by atoms with van der Waals surface area (Å²) in [5.74, 6) is 1.11. The highest BCUT2D eigenvalue weighted by molar-refractivity contribution is 7.90. The van der Waals surface area contributed by atoms with Gasteiger partial charge >= 0.3 is 0 Å². The summed E-state index contributed by atoms with van der Waals surface area (Å²) < 4.78 is 43.4. The summed E-state index contributed by atoms with van der Waals surface area (Å²) >= 11 is 0. The van der Waals surface area contributed by atoms with Crippen molar-refractivity contribution < 1.29 is 17.4 Å². The van der Waals surface area contributed by atoms with E-state index in [9.17, 15) is 12.6 Å². The molecule has 0 bridgehead atoms. The standard InChI is InChI=1S/C17H22N4O4S2/c1-13-12-16(27(3,23)24)19-17(18-13)20-8-10-21(11-9-20)26(22)15-6-4-14(25-2)5-7-15/h4-7,12H,8-11H2,1-3H3. The van der Waals surface area contributed by atoms with Crippen LogP contribution in [-0.2, 0) is 20.8 Å². The van der Waals surface area contributed by atoms with Gasteiger partial charge in [0, 0.05) is 38.1 Å². The first-order valence-electron chi connectivity index (χ1n) is 8.39. The van der Waals surface area contributed by atoms with E-state index in [4.69, 9.17) is 4.74 Å². The van der Waals surface area contributed by atoms with Gasteiger partial charge in [-0.2, -0.15) is 0 Å². The van der Waals surface area contributed by atoms with E-state index in [-0.39, 0.29) is 5.03 Å². The number of sulfone groups is 1. The molecule has 0 spiro atoms. The third-order valence-electron chi connectivity index (χ3n) is 4.22. The molecule has 1 aromatic heterocycles. The van der Waals surface area contributed by atoms with E-state index in [0.717, 1.165) is 16.9 Å². The lowest BCUT2D eigenvalue weighted by Crippen LogP contribution is -2.47. The van der Waals surface area contributed by atoms with Crippen molar-refractivity contribution in [3.63, 3.8) is 0 Å². The van der Waals surface area contributed by atoms with E-state index in [1.54, 1.807) is 38.3 Å². The van der Waals surface area contributed by atoms with Gasteiger partial charge in [0.1, 0.15) is 16.7 Å². The number of aromatic nitrogens is 2. The van der Waals surface area contributed by atoms with Crippen LogP contribution in [0.25, 0.3) is 0 Å². The molecule has 0 radical (unpaired) electrons. The van der Waals surface area contributed by atoms with Crippen LogP contribution in [0.1, 0.15) is 5.69 Å². The monoisotopic (exact) mass is 410 g/mol. The minimum atomic E-state index is -3.40. The maximum atomic E-state index is 12.7. The maximum absolute atomic E-state index is 12.7. The Morgan fingerprint density at radius 2 is 1.70 bits per heavy atom. The molecule has 2 heterocycles. The van der Waals surface area contributed by atoms with Crippen molar-refractivity contribution in [2.45, 2.75) is 16.8 Å². The Balaban J connectivity index is 1.70. The Morgan fingerprint density at radius 3 is 2.26 bits per heavy atom. The predicted molar refractivity (Wildman–Crippen MR) is 103 cm³/mol. The van der Waals surface area contributed by atoms with Crippen molar-refractivity contribution in [2.24, 2.45) is 0 Å². The SMILES string of the molecule is COc1ccc(S(=O)N2CCN(c3nc(C)cc(S(C)(=O)=O)n3)CC2)cc1. The zero-order valence-electron chi connectivity index (χ0n) is 15.5. The zero-order valence-corrected chi connectivity index (χ0v) is 17.1. The molecule has 1 aliphatic rings. The minimum Gasteiger partial charge on any atom is -0.497 e. The smallest absolute Gasteiger partial charge is 0.226 e. The molecular weight excluding hydrogens is 388 g/mol. The highest BCUT2D eigenvalue weighted by atomic mass is 32.2. The summed E-state index contributed by atoms with van der Waals surface area (Å²) in [7, 11) is -3.07. The quantitative estimate of drug-likeness (QED) is 0.680. The molecule has 0 aliphatic carbocycles. The summed E-state index contributed by atoms with van der Waals surface area (Å²) in [5.41, 5.74) is 0.602. The van der Waals surface area contributed by atoms with Crippen LogP contribution in [0.15, 0.2) is 40.3 Å². The molecule has 0 amide bonds. The average molecular weight is 411 g/mol. The van der Waals surface area contributed by atoms with Crippen LogP contribution in [0, 0.1) is 6.92 Å². The van der Waals surface area contributed by atoms with Crippen LogP contribution in [-0.4, -0.2) is 66.4 Å². The Bertz CT molecular complexity index is 940. The molecule has 1 unspecified atom stereocenters. The van der Waals surface area contributed by atoms with Crippen molar-refractivity contribution in [3.05, 3.63) is 36.0 Å². The number of methoxy groups -OCH3 is 1. The van der Waals surface area contributed by atoms with Gasteiger partial charge in [-0.25, -0.2) is 26.9 Å². The number of hydrogen-bond acceptors (Lipinski definition) is 7. The topological polar surface area (TPSA) is 92.7 Å². The molecule has 3 rings (SSSR count). The molecule has 146 valence electrons. The predicted octanol–water partition coefficient (Wildman–Crippen LogP) is 1.04. The van der Waals surface area contributed by atoms with Crippen LogP contribution >= 0.6 is 0 Å². The number of piperazine rings is 1. The number of ether oxygens (including phenoxy) is 1. The van der Waals surface area contributed by atoms with Crippen molar-refractivity contribution in [1.29, 1.82) is 0 Å². The average Bonchev–Trinajstić information content (AvgIpc) is 2.66. The normalized spacial score (nSPS) is 16.9. The molecule has 0 saturated carbocycles. The lowest BCUT2D eigenvalue weighted by Gasteiger charge is -2.33. The van der Waals surface area contributed by atoms with Crippen LogP contribution in [0.5, 0.6) is 5.75 Å². The summed E-state index contributed by atoms with van der Waals surface area (Å²) in [4.78, 5) is 11.2. The number of rotatable bonds is 5. The number of anilines is 1. The Kier molecular flexibility index (Phi) is 5.78. The highest BCUT2D eigenvalue weighted by Crippen LogP contribution is 2.20. The van der Waals surface area contributed by atoms with Gasteiger partial charge in [-0.1, -0.05) is 0 Å². The minimum absolute atomic E-state index is 0.0224. The second kappa shape index (κ2) is 7.91. The van der Waals surface area contributed by atoms with Crippen molar-refractivity contribution in [3.8, 4) is 5.75 Å². The van der Waals surface area contributed by atoms with Gasteiger partial charge in [0.05, 0.1) is 12.0 Å². The number of benzene rings is 1. The van der Waals surface area contributed by atoms with Gasteiger partial charge in [-0.3, -0.25) is 0 Å². The van der Waals surface area contributed by atoms with Gasteiger partial charge < -0.3 is 9.64 Å². The molecule has 1 saturated heterocycles. The largest absolute Gasteiger partial charge is 0.497 e. The fourth-order valence-electron chi connectivity index (χ4n) is 2.75. The summed E-state index contributed by atoms with van der Waals surface area (Å²) in [6.07, 6.45) is 1.13. The van der Waals surface area contributed by atoms with Crippen LogP contribution in [0.4, 0.5) is 5.95 Å². The Hall–Kier alpha value is -2.04. The molecular formula is C17H22N4O4S2. The van der Waals surface area contributed by atoms with E-state index < -0.39 is 20.8 Å². The Morgan fingerprint density at radius 1 is 1.07 bits per heavy atom. The molecule has 10 heteroatoms. The molecule has 8 nitrogen and oxygen atoms in total. The van der Waals surface area contributed by atoms with Gasteiger partial charge in [-0.15, -0.1) is 0 Å². The first-order chi connectivity index (χ1) is 12.8. The van der Waals surface area contributed by atoms with Crippen LogP contribution < -0.4 is 9.64 Å². The summed E-state index contributed by atoms with van der Waals surface area (Å²) in [5, 5.41) is 0.0224. The number of hydrogen-bond donors (Lipinski definition) is 0. The molecule has 1 aliphatic heterocycles. The second-order valence-electron chi connectivity index (χ2n) is 6.26. The van der Waals surface area contributed by atoms with Gasteiger partial charge in [0.2, 0.25) is 5.95 Å².